The normalized spacial score (nSPS) is 34.1. The summed E-state index contributed by atoms with van der Waals surface area (Å²) in [6.07, 6.45) is 1.02. The summed E-state index contributed by atoms with van der Waals surface area (Å²) >= 11 is 0. The van der Waals surface area contributed by atoms with Crippen molar-refractivity contribution >= 4 is 0 Å². The number of rotatable bonds is 1. The summed E-state index contributed by atoms with van der Waals surface area (Å²) in [6.45, 7) is 3.00. The van der Waals surface area contributed by atoms with Crippen LogP contribution in [0.1, 0.15) is 13.3 Å². The minimum atomic E-state index is -0.145. The van der Waals surface area contributed by atoms with Crippen molar-refractivity contribution in [3.05, 3.63) is 0 Å². The van der Waals surface area contributed by atoms with Crippen molar-refractivity contribution in [1.82, 2.24) is 4.90 Å². The van der Waals surface area contributed by atoms with Gasteiger partial charge < -0.3 is 10.0 Å². The Morgan fingerprint density at radius 3 is 2.38 bits per heavy atom. The fourth-order valence-electron chi connectivity index (χ4n) is 1.15. The van der Waals surface area contributed by atoms with E-state index in [0.29, 0.717) is 6.04 Å². The Morgan fingerprint density at radius 1 is 1.75 bits per heavy atom. The molecule has 0 bridgehead atoms. The van der Waals surface area contributed by atoms with Crippen LogP contribution in [0.3, 0.4) is 0 Å². The summed E-state index contributed by atoms with van der Waals surface area (Å²) in [5.41, 5.74) is 0. The summed E-state index contributed by atoms with van der Waals surface area (Å²) in [5.74, 6) is 0. The van der Waals surface area contributed by atoms with Crippen LogP contribution >= 0.6 is 0 Å². The molecule has 2 nitrogen and oxygen atoms in total. The highest BCUT2D eigenvalue weighted by Gasteiger charge is 2.27. The van der Waals surface area contributed by atoms with E-state index in [2.05, 4.69) is 4.90 Å². The number of likely N-dealkylation sites (tertiary alicyclic amines) is 1. The zero-order valence-corrected chi connectivity index (χ0v) is 5.46. The number of hydrogen-bond donors (Lipinski definition) is 1. The summed E-state index contributed by atoms with van der Waals surface area (Å²) in [5, 5.41) is 9.00. The molecule has 0 amide bonds. The van der Waals surface area contributed by atoms with Gasteiger partial charge in [0.25, 0.3) is 0 Å². The smallest absolute Gasteiger partial charge is 0.0667 e. The van der Waals surface area contributed by atoms with E-state index >= 15 is 0 Å². The molecule has 8 heavy (non-hydrogen) atoms. The van der Waals surface area contributed by atoms with Crippen LogP contribution in [-0.2, 0) is 0 Å². The molecule has 2 heteroatoms. The molecule has 1 heterocycles. The van der Waals surface area contributed by atoms with Crippen molar-refractivity contribution in [3.63, 3.8) is 0 Å². The monoisotopic (exact) mass is 115 g/mol. The minimum absolute atomic E-state index is 0.145. The Labute approximate surface area is 50.1 Å². The second-order valence-corrected chi connectivity index (χ2v) is 2.58. The first-order chi connectivity index (χ1) is 3.72. The van der Waals surface area contributed by atoms with Gasteiger partial charge in [0.1, 0.15) is 0 Å². The lowest BCUT2D eigenvalue weighted by molar-refractivity contribution is 0.0134. The molecule has 0 aromatic rings. The Kier molecular flexibility index (Phi) is 1.54. The predicted molar refractivity (Wildman–Crippen MR) is 32.7 cm³/mol. The molecule has 1 N–H and O–H groups in total. The van der Waals surface area contributed by atoms with Gasteiger partial charge in [-0.15, -0.1) is 0 Å². The molecule has 0 aromatic carbocycles. The molecule has 1 rings (SSSR count). The highest BCUT2D eigenvalue weighted by atomic mass is 16.3. The van der Waals surface area contributed by atoms with Gasteiger partial charge in [0, 0.05) is 6.04 Å². The first-order valence-electron chi connectivity index (χ1n) is 3.10. The maximum Gasteiger partial charge on any atom is 0.0667 e. The largest absolute Gasteiger partial charge is 0.392 e. The standard InChI is InChI=1S/C6H13NO/c1-5(8)6-3-4-7(6)2/h5-6,8H,3-4H2,1-2H3. The number of nitrogens with zero attached hydrogens (tertiary/aromatic N) is 1. The zero-order valence-electron chi connectivity index (χ0n) is 5.46. The maximum absolute atomic E-state index is 9.00. The molecule has 0 spiro atoms. The molecule has 0 aliphatic carbocycles. The molecule has 48 valence electrons. The van der Waals surface area contributed by atoms with Crippen molar-refractivity contribution in [2.45, 2.75) is 25.5 Å². The number of likely N-dealkylation sites (N-methyl/N-ethyl adjacent to an activating group) is 1. The number of hydrogen-bond acceptors (Lipinski definition) is 2. The van der Waals surface area contributed by atoms with Gasteiger partial charge in [-0.2, -0.15) is 0 Å². The summed E-state index contributed by atoms with van der Waals surface area (Å²) in [7, 11) is 2.04. The van der Waals surface area contributed by atoms with Crippen LogP contribution in [0.25, 0.3) is 0 Å². The fourth-order valence-corrected chi connectivity index (χ4v) is 1.15. The van der Waals surface area contributed by atoms with Crippen LogP contribution in [0.2, 0.25) is 0 Å². The van der Waals surface area contributed by atoms with Crippen molar-refractivity contribution in [1.29, 1.82) is 0 Å². The van der Waals surface area contributed by atoms with Crippen molar-refractivity contribution in [2.75, 3.05) is 13.6 Å². The van der Waals surface area contributed by atoms with Gasteiger partial charge in [0.2, 0.25) is 0 Å². The fraction of sp³-hybridized carbons (Fsp3) is 1.00. The quantitative estimate of drug-likeness (QED) is 0.523. The molecule has 1 aliphatic rings. The van der Waals surface area contributed by atoms with E-state index in [0.717, 1.165) is 13.0 Å². The van der Waals surface area contributed by atoms with Crippen LogP contribution < -0.4 is 0 Å². The lowest BCUT2D eigenvalue weighted by atomic mass is 10.00. The second kappa shape index (κ2) is 2.03. The predicted octanol–water partition coefficient (Wildman–Crippen LogP) is 0.0713. The van der Waals surface area contributed by atoms with E-state index in [9.17, 15) is 0 Å². The van der Waals surface area contributed by atoms with Gasteiger partial charge in [-0.05, 0) is 26.9 Å². The van der Waals surface area contributed by atoms with E-state index in [1.165, 1.54) is 0 Å². The van der Waals surface area contributed by atoms with Gasteiger partial charge in [-0.1, -0.05) is 0 Å². The SMILES string of the molecule is CC(O)C1CCN1C. The molecule has 0 saturated carbocycles. The number of aliphatic hydroxyl groups is 1. The van der Waals surface area contributed by atoms with E-state index in [1.54, 1.807) is 0 Å². The van der Waals surface area contributed by atoms with Crippen LogP contribution in [0, 0.1) is 0 Å². The third kappa shape index (κ3) is 0.858. The molecular formula is C6H13NO. The average molecular weight is 115 g/mol. The van der Waals surface area contributed by atoms with E-state index < -0.39 is 0 Å². The average Bonchev–Trinajstić information content (AvgIpc) is 1.61. The van der Waals surface area contributed by atoms with Crippen molar-refractivity contribution in [2.24, 2.45) is 0 Å². The summed E-state index contributed by atoms with van der Waals surface area (Å²) in [6, 6.07) is 0.440. The van der Waals surface area contributed by atoms with Gasteiger partial charge in [0.05, 0.1) is 6.10 Å². The first-order valence-corrected chi connectivity index (χ1v) is 3.10. The zero-order chi connectivity index (χ0) is 6.15. The van der Waals surface area contributed by atoms with E-state index in [4.69, 9.17) is 5.11 Å². The van der Waals surface area contributed by atoms with Gasteiger partial charge in [0.15, 0.2) is 0 Å². The Hall–Kier alpha value is -0.0800. The van der Waals surface area contributed by atoms with Gasteiger partial charge in [-0.3, -0.25) is 0 Å². The lowest BCUT2D eigenvalue weighted by Crippen LogP contribution is -2.50. The van der Waals surface area contributed by atoms with E-state index in [1.807, 2.05) is 14.0 Å². The maximum atomic E-state index is 9.00. The first kappa shape index (κ1) is 6.05. The lowest BCUT2D eigenvalue weighted by Gasteiger charge is -2.39. The molecule has 0 aromatic heterocycles. The third-order valence-electron chi connectivity index (χ3n) is 1.90. The second-order valence-electron chi connectivity index (χ2n) is 2.58. The third-order valence-corrected chi connectivity index (χ3v) is 1.90. The molecule has 1 saturated heterocycles. The van der Waals surface area contributed by atoms with Crippen molar-refractivity contribution in [3.8, 4) is 0 Å². The topological polar surface area (TPSA) is 23.5 Å². The van der Waals surface area contributed by atoms with Gasteiger partial charge >= 0.3 is 0 Å². The minimum Gasteiger partial charge on any atom is -0.392 e. The highest BCUT2D eigenvalue weighted by molar-refractivity contribution is 4.83. The molecule has 1 fully saturated rings. The summed E-state index contributed by atoms with van der Waals surface area (Å²) in [4.78, 5) is 2.17. The molecule has 2 atom stereocenters. The Morgan fingerprint density at radius 2 is 2.38 bits per heavy atom. The molecule has 1 aliphatic heterocycles. The van der Waals surface area contributed by atoms with Crippen molar-refractivity contribution < 1.29 is 5.11 Å². The number of aliphatic hydroxyl groups excluding tert-OH is 1. The van der Waals surface area contributed by atoms with Crippen LogP contribution in [0.15, 0.2) is 0 Å². The Balaban J connectivity index is 2.26. The summed E-state index contributed by atoms with van der Waals surface area (Å²) < 4.78 is 0. The van der Waals surface area contributed by atoms with Crippen LogP contribution in [0.5, 0.6) is 0 Å². The van der Waals surface area contributed by atoms with Crippen LogP contribution in [0.4, 0.5) is 0 Å². The van der Waals surface area contributed by atoms with Crippen LogP contribution in [-0.4, -0.2) is 35.7 Å². The Bertz CT molecular complexity index is 77.8. The molecule has 0 radical (unpaired) electrons. The van der Waals surface area contributed by atoms with Gasteiger partial charge in [-0.25, -0.2) is 0 Å². The molecule has 2 unspecified atom stereocenters. The molecular weight excluding hydrogens is 102 g/mol. The highest BCUT2D eigenvalue weighted by Crippen LogP contribution is 2.16. The van der Waals surface area contributed by atoms with E-state index in [-0.39, 0.29) is 6.10 Å².